The van der Waals surface area contributed by atoms with E-state index in [1.54, 1.807) is 0 Å². The van der Waals surface area contributed by atoms with E-state index in [1.807, 2.05) is 0 Å². The molecule has 23 heavy (non-hydrogen) atoms. The Balaban J connectivity index is 1.59. The molecule has 2 saturated carbocycles. The summed E-state index contributed by atoms with van der Waals surface area (Å²) >= 11 is 0. The molecule has 2 fully saturated rings. The molecule has 0 spiro atoms. The van der Waals surface area contributed by atoms with Gasteiger partial charge in [0.2, 0.25) is 0 Å². The van der Waals surface area contributed by atoms with E-state index in [9.17, 15) is 17.6 Å². The highest BCUT2D eigenvalue weighted by Gasteiger charge is 2.45. The lowest BCUT2D eigenvalue weighted by Crippen LogP contribution is -2.43. The normalized spacial score (nSPS) is 48.8. The van der Waals surface area contributed by atoms with Gasteiger partial charge in [-0.15, -0.1) is 0 Å². The van der Waals surface area contributed by atoms with Gasteiger partial charge in [-0.1, -0.05) is 18.6 Å². The molecule has 3 rings (SSSR count). The monoisotopic (exact) mass is 332 g/mol. The van der Waals surface area contributed by atoms with Crippen molar-refractivity contribution >= 4 is 0 Å². The van der Waals surface area contributed by atoms with Gasteiger partial charge in [0.05, 0.1) is 0 Å². The summed E-state index contributed by atoms with van der Waals surface area (Å²) in [5.74, 6) is 0.380. The zero-order valence-electron chi connectivity index (χ0n) is 13.9. The first-order valence-electron chi connectivity index (χ1n) is 9.21. The number of allylic oxidation sites excluding steroid dienone is 2. The molecule has 0 N–H and O–H groups in total. The Hall–Kier alpha value is -0.540. The fraction of sp³-hybridized carbons (Fsp3) is 0.895. The van der Waals surface area contributed by atoms with Gasteiger partial charge in [-0.3, -0.25) is 0 Å². The molecule has 6 unspecified atom stereocenters. The van der Waals surface area contributed by atoms with E-state index >= 15 is 0 Å². The molecule has 0 aromatic rings. The van der Waals surface area contributed by atoms with Gasteiger partial charge in [0.1, 0.15) is 18.5 Å². The molecule has 3 aliphatic carbocycles. The van der Waals surface area contributed by atoms with Crippen molar-refractivity contribution in [3.05, 3.63) is 11.6 Å². The van der Waals surface area contributed by atoms with Crippen LogP contribution in [0.1, 0.15) is 58.3 Å². The number of alkyl halides is 4. The van der Waals surface area contributed by atoms with Crippen LogP contribution in [0.4, 0.5) is 17.6 Å². The van der Waals surface area contributed by atoms with Crippen molar-refractivity contribution in [2.75, 3.05) is 0 Å². The maximum absolute atomic E-state index is 14.7. The smallest absolute Gasteiger partial charge is 0.162 e. The highest BCUT2D eigenvalue weighted by Crippen LogP contribution is 2.46. The highest BCUT2D eigenvalue weighted by atomic mass is 19.2. The van der Waals surface area contributed by atoms with Gasteiger partial charge in [0.15, 0.2) is 6.17 Å². The third-order valence-electron chi connectivity index (χ3n) is 6.41. The van der Waals surface area contributed by atoms with Gasteiger partial charge in [-0.05, 0) is 75.0 Å². The summed E-state index contributed by atoms with van der Waals surface area (Å²) in [6.45, 7) is 2.24. The van der Waals surface area contributed by atoms with Crippen molar-refractivity contribution in [1.29, 1.82) is 0 Å². The second-order valence-corrected chi connectivity index (χ2v) is 8.06. The summed E-state index contributed by atoms with van der Waals surface area (Å²) in [4.78, 5) is 0. The molecule has 0 aliphatic heterocycles. The van der Waals surface area contributed by atoms with Crippen LogP contribution in [0.5, 0.6) is 0 Å². The minimum absolute atomic E-state index is 0.0163. The van der Waals surface area contributed by atoms with Gasteiger partial charge >= 0.3 is 0 Å². The second-order valence-electron chi connectivity index (χ2n) is 8.06. The first-order chi connectivity index (χ1) is 11.0. The van der Waals surface area contributed by atoms with Crippen molar-refractivity contribution in [2.24, 2.45) is 23.7 Å². The standard InChI is InChI=1S/C19H28F4/c1-11-2-4-12(5-3-11)13-6-7-15(16(20)8-13)14-9-17(21)19(23)18(22)10-14/h4,11,13-19H,2-3,5-10H2,1H3. The van der Waals surface area contributed by atoms with E-state index in [4.69, 9.17) is 0 Å². The zero-order valence-corrected chi connectivity index (χ0v) is 13.9. The molecule has 4 heteroatoms. The van der Waals surface area contributed by atoms with E-state index in [0.29, 0.717) is 18.8 Å². The average Bonchev–Trinajstić information content (AvgIpc) is 2.53. The Morgan fingerprint density at radius 2 is 1.57 bits per heavy atom. The summed E-state index contributed by atoms with van der Waals surface area (Å²) in [5, 5.41) is 0. The van der Waals surface area contributed by atoms with Crippen molar-refractivity contribution < 1.29 is 17.6 Å². The Bertz CT molecular complexity index is 423. The maximum atomic E-state index is 14.7. The van der Waals surface area contributed by atoms with Gasteiger partial charge in [0, 0.05) is 0 Å². The molecule has 3 aliphatic rings. The predicted molar refractivity (Wildman–Crippen MR) is 84.2 cm³/mol. The Morgan fingerprint density at radius 3 is 2.13 bits per heavy atom. The Kier molecular flexibility index (Phi) is 5.37. The number of hydrogen-bond donors (Lipinski definition) is 0. The third kappa shape index (κ3) is 3.76. The molecule has 0 amide bonds. The van der Waals surface area contributed by atoms with Gasteiger partial charge in [-0.25, -0.2) is 17.6 Å². The zero-order chi connectivity index (χ0) is 16.6. The topological polar surface area (TPSA) is 0 Å². The highest BCUT2D eigenvalue weighted by molar-refractivity contribution is 5.12. The predicted octanol–water partition coefficient (Wildman–Crippen LogP) is 5.91. The quantitative estimate of drug-likeness (QED) is 0.435. The molecule has 0 aromatic heterocycles. The Morgan fingerprint density at radius 1 is 0.870 bits per heavy atom. The van der Waals surface area contributed by atoms with E-state index in [2.05, 4.69) is 13.0 Å². The van der Waals surface area contributed by atoms with E-state index in [-0.39, 0.29) is 24.7 Å². The van der Waals surface area contributed by atoms with Crippen LogP contribution in [0.15, 0.2) is 11.6 Å². The SMILES string of the molecule is CC1CC=C(C2CCC(C3CC(F)C(F)C(F)C3)C(F)C2)CC1. The summed E-state index contributed by atoms with van der Waals surface area (Å²) in [5.41, 5.74) is 1.39. The molecule has 0 bridgehead atoms. The Labute approximate surface area is 136 Å². The van der Waals surface area contributed by atoms with E-state index in [1.165, 1.54) is 12.0 Å². The van der Waals surface area contributed by atoms with Crippen LogP contribution in [-0.4, -0.2) is 24.7 Å². The van der Waals surface area contributed by atoms with Gasteiger partial charge in [0.25, 0.3) is 0 Å². The van der Waals surface area contributed by atoms with Crippen LogP contribution >= 0.6 is 0 Å². The molecule has 0 radical (unpaired) electrons. The van der Waals surface area contributed by atoms with Gasteiger partial charge < -0.3 is 0 Å². The van der Waals surface area contributed by atoms with Crippen LogP contribution in [-0.2, 0) is 0 Å². The summed E-state index contributed by atoms with van der Waals surface area (Å²) in [7, 11) is 0. The molecule has 0 aromatic carbocycles. The van der Waals surface area contributed by atoms with Crippen LogP contribution in [0.25, 0.3) is 0 Å². The van der Waals surface area contributed by atoms with Crippen molar-refractivity contribution in [2.45, 2.75) is 83.0 Å². The average molecular weight is 332 g/mol. The first kappa shape index (κ1) is 17.3. The fourth-order valence-corrected chi connectivity index (χ4v) is 4.87. The van der Waals surface area contributed by atoms with Crippen LogP contribution in [0, 0.1) is 23.7 Å². The minimum atomic E-state index is -2.02. The lowest BCUT2D eigenvalue weighted by molar-refractivity contribution is -0.0216. The molecule has 0 nitrogen and oxygen atoms in total. The third-order valence-corrected chi connectivity index (χ3v) is 6.41. The molecule has 6 atom stereocenters. The minimum Gasteiger partial charge on any atom is -0.247 e. The van der Waals surface area contributed by atoms with Crippen LogP contribution in [0.3, 0.4) is 0 Å². The second kappa shape index (κ2) is 7.14. The van der Waals surface area contributed by atoms with Crippen LogP contribution < -0.4 is 0 Å². The molecular weight excluding hydrogens is 304 g/mol. The van der Waals surface area contributed by atoms with E-state index < -0.39 is 24.7 Å². The molecule has 132 valence electrons. The number of halogens is 4. The molecular formula is C19H28F4. The number of rotatable bonds is 2. The molecule has 0 saturated heterocycles. The van der Waals surface area contributed by atoms with Crippen molar-refractivity contribution in [3.63, 3.8) is 0 Å². The van der Waals surface area contributed by atoms with Crippen LogP contribution in [0.2, 0.25) is 0 Å². The largest absolute Gasteiger partial charge is 0.247 e. The summed E-state index contributed by atoms with van der Waals surface area (Å²) in [6.07, 6.45) is 1.09. The molecule has 0 heterocycles. The van der Waals surface area contributed by atoms with Crippen molar-refractivity contribution in [3.8, 4) is 0 Å². The summed E-state index contributed by atoms with van der Waals surface area (Å²) in [6, 6.07) is 0. The maximum Gasteiger partial charge on any atom is 0.162 e. The fourth-order valence-electron chi connectivity index (χ4n) is 4.87. The van der Waals surface area contributed by atoms with Gasteiger partial charge in [-0.2, -0.15) is 0 Å². The van der Waals surface area contributed by atoms with Crippen molar-refractivity contribution in [1.82, 2.24) is 0 Å². The van der Waals surface area contributed by atoms with E-state index in [0.717, 1.165) is 25.2 Å². The summed E-state index contributed by atoms with van der Waals surface area (Å²) < 4.78 is 55.2. The first-order valence-corrected chi connectivity index (χ1v) is 9.21. The lowest BCUT2D eigenvalue weighted by Gasteiger charge is -2.41. The number of hydrogen-bond acceptors (Lipinski definition) is 0. The lowest BCUT2D eigenvalue weighted by atomic mass is 9.67.